The quantitative estimate of drug-likeness (QED) is 0.316. The number of nitrogens with zero attached hydrogens (tertiary/aromatic N) is 2. The normalized spacial score (nSPS) is 18.0. The highest BCUT2D eigenvalue weighted by Crippen LogP contribution is 2.34. The number of esters is 1. The molecule has 198 valence electrons. The lowest BCUT2D eigenvalue weighted by Crippen LogP contribution is -2.33. The second kappa shape index (κ2) is 10.5. The molecular weight excluding hydrogens is 495 g/mol. The molecule has 1 amide bonds. The molecule has 1 aliphatic carbocycles. The third kappa shape index (κ3) is 5.37. The zero-order valence-corrected chi connectivity index (χ0v) is 20.9. The summed E-state index contributed by atoms with van der Waals surface area (Å²) in [5.74, 6) is -0.764. The lowest BCUT2D eigenvalue weighted by molar-refractivity contribution is -0.146. The van der Waals surface area contributed by atoms with Crippen molar-refractivity contribution in [1.82, 2.24) is 14.9 Å². The van der Waals surface area contributed by atoms with E-state index in [-0.39, 0.29) is 23.4 Å². The van der Waals surface area contributed by atoms with Gasteiger partial charge in [0.05, 0.1) is 41.9 Å². The average molecular weight is 524 g/mol. The number of nitrogens with one attached hydrogen (secondary N) is 1. The van der Waals surface area contributed by atoms with Crippen molar-refractivity contribution in [3.05, 3.63) is 77.7 Å². The molecule has 5 rings (SSSR count). The van der Waals surface area contributed by atoms with Gasteiger partial charge in [0.1, 0.15) is 0 Å². The molecule has 1 aliphatic rings. The Labute approximate surface area is 217 Å². The van der Waals surface area contributed by atoms with Crippen molar-refractivity contribution in [2.45, 2.75) is 38.4 Å². The monoisotopic (exact) mass is 523 g/mol. The van der Waals surface area contributed by atoms with E-state index in [0.29, 0.717) is 36.8 Å². The number of alkyl halides is 3. The molecule has 0 saturated heterocycles. The number of fused-ring (bicyclic) bond motifs is 2. The zero-order valence-electron chi connectivity index (χ0n) is 20.9. The minimum atomic E-state index is -4.59. The predicted octanol–water partition coefficient (Wildman–Crippen LogP) is 5.97. The Morgan fingerprint density at radius 1 is 1.03 bits per heavy atom. The second-order valence-corrected chi connectivity index (χ2v) is 9.88. The highest BCUT2D eigenvalue weighted by molar-refractivity contribution is 6.06. The smallest absolute Gasteiger partial charge is 0.416 e. The van der Waals surface area contributed by atoms with Crippen LogP contribution in [0, 0.1) is 11.8 Å². The summed E-state index contributed by atoms with van der Waals surface area (Å²) in [6, 6.07) is 13.3. The Kier molecular flexibility index (Phi) is 7.10. The third-order valence-electron chi connectivity index (χ3n) is 7.39. The molecule has 6 nitrogen and oxygen atoms in total. The van der Waals surface area contributed by atoms with Gasteiger partial charge in [0.15, 0.2) is 0 Å². The van der Waals surface area contributed by atoms with E-state index in [1.54, 1.807) is 23.0 Å². The molecule has 1 saturated carbocycles. The standard InChI is InChI=1S/C29H28F3N3O3/c1-38-28(37)19-8-6-18(7-9-19)15-34-27(36)25-14-23(29(30,31)32)12-21-10-11-35(26(21)25)17-24-13-20-4-2-3-5-22(20)16-33-24/h2-5,10-14,16,18-19H,6-9,15,17H2,1H3,(H,34,36). The van der Waals surface area contributed by atoms with E-state index >= 15 is 0 Å². The van der Waals surface area contributed by atoms with Crippen molar-refractivity contribution in [2.75, 3.05) is 13.7 Å². The van der Waals surface area contributed by atoms with Crippen LogP contribution in [0.25, 0.3) is 21.7 Å². The van der Waals surface area contributed by atoms with Crippen molar-refractivity contribution < 1.29 is 27.5 Å². The summed E-state index contributed by atoms with van der Waals surface area (Å²) >= 11 is 0. The van der Waals surface area contributed by atoms with Gasteiger partial charge in [-0.15, -0.1) is 0 Å². The Morgan fingerprint density at radius 3 is 2.47 bits per heavy atom. The fraction of sp³-hybridized carbons (Fsp3) is 0.345. The maximum atomic E-state index is 13.7. The van der Waals surface area contributed by atoms with E-state index < -0.39 is 17.6 Å². The van der Waals surface area contributed by atoms with Crippen LogP contribution in [0.5, 0.6) is 0 Å². The molecule has 4 aromatic rings. The minimum Gasteiger partial charge on any atom is -0.469 e. The summed E-state index contributed by atoms with van der Waals surface area (Å²) in [7, 11) is 1.37. The average Bonchev–Trinajstić information content (AvgIpc) is 3.33. The number of hydrogen-bond acceptors (Lipinski definition) is 4. The van der Waals surface area contributed by atoms with Crippen LogP contribution in [0.15, 0.2) is 60.9 Å². The van der Waals surface area contributed by atoms with Gasteiger partial charge in [-0.3, -0.25) is 14.6 Å². The molecule has 1 fully saturated rings. The van der Waals surface area contributed by atoms with Crippen LogP contribution in [0.1, 0.15) is 47.3 Å². The number of carbonyl (C=O) groups excluding carboxylic acids is 2. The highest BCUT2D eigenvalue weighted by atomic mass is 19.4. The summed E-state index contributed by atoms with van der Waals surface area (Å²) in [6.45, 7) is 0.634. The lowest BCUT2D eigenvalue weighted by Gasteiger charge is -2.27. The molecule has 38 heavy (non-hydrogen) atoms. The SMILES string of the molecule is COC(=O)C1CCC(CNC(=O)c2cc(C(F)(F)F)cc3ccn(Cc4cc5ccccc5cn4)c23)CC1. The summed E-state index contributed by atoms with van der Waals surface area (Å²) in [6.07, 6.45) is 1.68. The number of methoxy groups -OCH3 is 1. The van der Waals surface area contributed by atoms with Gasteiger partial charge in [0, 0.05) is 29.7 Å². The van der Waals surface area contributed by atoms with E-state index in [0.717, 1.165) is 41.4 Å². The Morgan fingerprint density at radius 2 is 1.76 bits per heavy atom. The molecule has 9 heteroatoms. The van der Waals surface area contributed by atoms with Crippen LogP contribution in [0.4, 0.5) is 13.2 Å². The Balaban J connectivity index is 1.40. The first-order chi connectivity index (χ1) is 18.2. The number of pyridine rings is 1. The lowest BCUT2D eigenvalue weighted by atomic mass is 9.82. The topological polar surface area (TPSA) is 73.2 Å². The van der Waals surface area contributed by atoms with E-state index in [9.17, 15) is 22.8 Å². The van der Waals surface area contributed by atoms with Gasteiger partial charge < -0.3 is 14.6 Å². The second-order valence-electron chi connectivity index (χ2n) is 9.88. The van der Waals surface area contributed by atoms with Crippen molar-refractivity contribution in [3.8, 4) is 0 Å². The molecule has 0 spiro atoms. The van der Waals surface area contributed by atoms with Crippen LogP contribution in [0.3, 0.4) is 0 Å². The molecule has 1 N–H and O–H groups in total. The number of aromatic nitrogens is 2. The van der Waals surface area contributed by atoms with Crippen molar-refractivity contribution in [1.29, 1.82) is 0 Å². The van der Waals surface area contributed by atoms with Gasteiger partial charge in [-0.25, -0.2) is 0 Å². The van der Waals surface area contributed by atoms with Gasteiger partial charge in [0.2, 0.25) is 0 Å². The van der Waals surface area contributed by atoms with Crippen molar-refractivity contribution in [2.24, 2.45) is 11.8 Å². The molecular formula is C29H28F3N3O3. The van der Waals surface area contributed by atoms with Crippen LogP contribution in [-0.2, 0) is 22.3 Å². The first-order valence-electron chi connectivity index (χ1n) is 12.6. The summed E-state index contributed by atoms with van der Waals surface area (Å²) < 4.78 is 47.6. The predicted molar refractivity (Wildman–Crippen MR) is 138 cm³/mol. The van der Waals surface area contributed by atoms with Crippen molar-refractivity contribution in [3.63, 3.8) is 0 Å². The van der Waals surface area contributed by atoms with E-state index in [1.807, 2.05) is 30.3 Å². The molecule has 2 aromatic heterocycles. The van der Waals surface area contributed by atoms with E-state index in [1.165, 1.54) is 7.11 Å². The zero-order chi connectivity index (χ0) is 26.9. The summed E-state index contributed by atoms with van der Waals surface area (Å²) in [5, 5.41) is 5.19. The Bertz CT molecular complexity index is 1490. The maximum Gasteiger partial charge on any atom is 0.416 e. The van der Waals surface area contributed by atoms with E-state index in [4.69, 9.17) is 4.74 Å². The molecule has 2 heterocycles. The van der Waals surface area contributed by atoms with Gasteiger partial charge in [-0.2, -0.15) is 13.2 Å². The number of hydrogen-bond donors (Lipinski definition) is 1. The van der Waals surface area contributed by atoms with Crippen LogP contribution in [-0.4, -0.2) is 35.1 Å². The van der Waals surface area contributed by atoms with Crippen LogP contribution in [0.2, 0.25) is 0 Å². The molecule has 0 unspecified atom stereocenters. The Hall–Kier alpha value is -3.88. The summed E-state index contributed by atoms with van der Waals surface area (Å²) in [4.78, 5) is 29.6. The van der Waals surface area contributed by atoms with Crippen molar-refractivity contribution >= 4 is 33.6 Å². The largest absolute Gasteiger partial charge is 0.469 e. The number of amides is 1. The molecule has 2 aromatic carbocycles. The van der Waals surface area contributed by atoms with Crippen LogP contribution < -0.4 is 5.32 Å². The highest BCUT2D eigenvalue weighted by Gasteiger charge is 2.33. The van der Waals surface area contributed by atoms with Crippen LogP contribution >= 0.6 is 0 Å². The molecule has 0 bridgehead atoms. The fourth-order valence-electron chi connectivity index (χ4n) is 5.31. The third-order valence-corrected chi connectivity index (χ3v) is 7.39. The minimum absolute atomic E-state index is 0.0242. The van der Waals surface area contributed by atoms with Gasteiger partial charge in [0.25, 0.3) is 5.91 Å². The maximum absolute atomic E-state index is 13.7. The van der Waals surface area contributed by atoms with Gasteiger partial charge >= 0.3 is 12.1 Å². The fourth-order valence-corrected chi connectivity index (χ4v) is 5.31. The number of rotatable bonds is 6. The molecule has 0 aliphatic heterocycles. The first kappa shape index (κ1) is 25.8. The number of halogens is 3. The number of carbonyl (C=O) groups is 2. The van der Waals surface area contributed by atoms with Gasteiger partial charge in [-0.1, -0.05) is 24.3 Å². The van der Waals surface area contributed by atoms with Gasteiger partial charge in [-0.05, 0) is 61.3 Å². The van der Waals surface area contributed by atoms with E-state index in [2.05, 4.69) is 10.3 Å². The number of benzene rings is 2. The first-order valence-corrected chi connectivity index (χ1v) is 12.6. The summed E-state index contributed by atoms with van der Waals surface area (Å²) in [5.41, 5.74) is 0.272. The molecule has 0 atom stereocenters. The molecule has 0 radical (unpaired) electrons. The number of ether oxygens (including phenoxy) is 1.